The van der Waals surface area contributed by atoms with Crippen molar-refractivity contribution in [1.29, 1.82) is 5.26 Å². The Hall–Kier alpha value is -1.42. The van der Waals surface area contributed by atoms with Gasteiger partial charge >= 0.3 is 0 Å². The van der Waals surface area contributed by atoms with Crippen molar-refractivity contribution in [3.8, 4) is 6.07 Å². The van der Waals surface area contributed by atoms with Gasteiger partial charge in [0.15, 0.2) is 0 Å². The molecular formula is C11H15N3O2S. The standard InChI is InChI=1S/C11H15N3O2S/c1-11(2,13)8-14-17(15,16)10-6-4-3-5-9(10)7-12/h3-6,14H,8,13H2,1-2H3. The van der Waals surface area contributed by atoms with Crippen LogP contribution in [0.2, 0.25) is 0 Å². The minimum atomic E-state index is -3.69. The first-order valence-corrected chi connectivity index (χ1v) is 6.52. The molecular weight excluding hydrogens is 238 g/mol. The highest BCUT2D eigenvalue weighted by atomic mass is 32.2. The SMILES string of the molecule is CC(C)(N)CNS(=O)(=O)c1ccccc1C#N. The van der Waals surface area contributed by atoms with Gasteiger partial charge in [-0.1, -0.05) is 12.1 Å². The number of rotatable bonds is 4. The summed E-state index contributed by atoms with van der Waals surface area (Å²) in [6.07, 6.45) is 0. The van der Waals surface area contributed by atoms with E-state index in [1.54, 1.807) is 26.0 Å². The van der Waals surface area contributed by atoms with Crippen molar-refractivity contribution >= 4 is 10.0 Å². The lowest BCUT2D eigenvalue weighted by Gasteiger charge is -2.19. The number of hydrogen-bond acceptors (Lipinski definition) is 4. The number of hydrogen-bond donors (Lipinski definition) is 2. The third kappa shape index (κ3) is 3.82. The molecule has 0 fully saturated rings. The minimum Gasteiger partial charge on any atom is -0.324 e. The Morgan fingerprint density at radius 2 is 2.00 bits per heavy atom. The summed E-state index contributed by atoms with van der Waals surface area (Å²) >= 11 is 0. The smallest absolute Gasteiger partial charge is 0.241 e. The molecule has 0 radical (unpaired) electrons. The van der Waals surface area contributed by atoms with Gasteiger partial charge in [-0.2, -0.15) is 5.26 Å². The van der Waals surface area contributed by atoms with E-state index in [0.29, 0.717) is 0 Å². The fourth-order valence-electron chi connectivity index (χ4n) is 1.15. The number of nitrogens with zero attached hydrogens (tertiary/aromatic N) is 1. The van der Waals surface area contributed by atoms with Crippen molar-refractivity contribution in [3.63, 3.8) is 0 Å². The molecule has 0 atom stereocenters. The van der Waals surface area contributed by atoms with Crippen LogP contribution in [-0.4, -0.2) is 20.5 Å². The van der Waals surface area contributed by atoms with Crippen LogP contribution < -0.4 is 10.5 Å². The first kappa shape index (κ1) is 13.6. The number of nitrogens with one attached hydrogen (secondary N) is 1. The maximum Gasteiger partial charge on any atom is 0.241 e. The van der Waals surface area contributed by atoms with Crippen LogP contribution in [0.3, 0.4) is 0 Å². The number of sulfonamides is 1. The van der Waals surface area contributed by atoms with Gasteiger partial charge in [0.25, 0.3) is 0 Å². The maximum atomic E-state index is 11.9. The quantitative estimate of drug-likeness (QED) is 0.820. The molecule has 0 aliphatic carbocycles. The Kier molecular flexibility index (Phi) is 3.88. The van der Waals surface area contributed by atoms with Gasteiger partial charge in [0.05, 0.1) is 10.5 Å². The minimum absolute atomic E-state index is 0.0215. The number of nitriles is 1. The van der Waals surface area contributed by atoms with E-state index in [0.717, 1.165) is 0 Å². The van der Waals surface area contributed by atoms with Crippen LogP contribution >= 0.6 is 0 Å². The van der Waals surface area contributed by atoms with E-state index in [-0.39, 0.29) is 17.0 Å². The van der Waals surface area contributed by atoms with E-state index < -0.39 is 15.6 Å². The average Bonchev–Trinajstić information content (AvgIpc) is 2.26. The predicted octanol–water partition coefficient (Wildman–Crippen LogP) is 0.574. The van der Waals surface area contributed by atoms with Crippen molar-refractivity contribution in [2.75, 3.05) is 6.54 Å². The Morgan fingerprint density at radius 1 is 1.41 bits per heavy atom. The first-order valence-electron chi connectivity index (χ1n) is 5.04. The van der Waals surface area contributed by atoms with E-state index in [1.165, 1.54) is 12.1 Å². The highest BCUT2D eigenvalue weighted by molar-refractivity contribution is 7.89. The lowest BCUT2D eigenvalue weighted by molar-refractivity contribution is 0.498. The van der Waals surface area contributed by atoms with Crippen molar-refractivity contribution in [1.82, 2.24) is 4.72 Å². The Balaban J connectivity index is 3.03. The van der Waals surface area contributed by atoms with Crippen LogP contribution in [0, 0.1) is 11.3 Å². The molecule has 0 bridgehead atoms. The Morgan fingerprint density at radius 3 is 2.53 bits per heavy atom. The second-order valence-corrected chi connectivity index (χ2v) is 6.16. The van der Waals surface area contributed by atoms with Crippen molar-refractivity contribution in [3.05, 3.63) is 29.8 Å². The molecule has 0 aliphatic heterocycles. The molecule has 1 rings (SSSR count). The molecule has 0 amide bonds. The molecule has 0 saturated carbocycles. The molecule has 17 heavy (non-hydrogen) atoms. The number of nitrogens with two attached hydrogens (primary N) is 1. The molecule has 0 aliphatic rings. The third-order valence-corrected chi connectivity index (χ3v) is 3.47. The lowest BCUT2D eigenvalue weighted by Crippen LogP contribution is -2.45. The predicted molar refractivity (Wildman–Crippen MR) is 64.6 cm³/mol. The van der Waals surface area contributed by atoms with Crippen LogP contribution in [0.25, 0.3) is 0 Å². The largest absolute Gasteiger partial charge is 0.324 e. The molecule has 1 aromatic carbocycles. The lowest BCUT2D eigenvalue weighted by atomic mass is 10.1. The third-order valence-electron chi connectivity index (χ3n) is 2.01. The Labute approximate surface area is 101 Å². The summed E-state index contributed by atoms with van der Waals surface area (Å²) in [5.41, 5.74) is 5.18. The van der Waals surface area contributed by atoms with Gasteiger partial charge in [-0.25, -0.2) is 13.1 Å². The van der Waals surface area contributed by atoms with Gasteiger partial charge in [0.1, 0.15) is 6.07 Å². The second-order valence-electron chi connectivity index (χ2n) is 4.42. The van der Waals surface area contributed by atoms with Crippen LogP contribution in [0.4, 0.5) is 0 Å². The number of benzene rings is 1. The Bertz CT molecular complexity index is 539. The summed E-state index contributed by atoms with van der Waals surface area (Å²) in [7, 11) is -3.69. The fourth-order valence-corrected chi connectivity index (χ4v) is 2.53. The monoisotopic (exact) mass is 253 g/mol. The zero-order valence-corrected chi connectivity index (χ0v) is 10.6. The zero-order valence-electron chi connectivity index (χ0n) is 9.77. The summed E-state index contributed by atoms with van der Waals surface area (Å²) in [6, 6.07) is 7.89. The topological polar surface area (TPSA) is 96.0 Å². The summed E-state index contributed by atoms with van der Waals surface area (Å²) in [5.74, 6) is 0. The molecule has 92 valence electrons. The van der Waals surface area contributed by atoms with E-state index in [9.17, 15) is 8.42 Å². The van der Waals surface area contributed by atoms with Gasteiger partial charge < -0.3 is 5.73 Å². The van der Waals surface area contributed by atoms with E-state index in [4.69, 9.17) is 11.0 Å². The summed E-state index contributed by atoms with van der Waals surface area (Å²) in [6.45, 7) is 3.53. The van der Waals surface area contributed by atoms with Crippen LogP contribution in [0.1, 0.15) is 19.4 Å². The molecule has 0 unspecified atom stereocenters. The molecule has 0 aromatic heterocycles. The van der Waals surface area contributed by atoms with Crippen molar-refractivity contribution in [2.45, 2.75) is 24.3 Å². The molecule has 5 nitrogen and oxygen atoms in total. The summed E-state index contributed by atoms with van der Waals surface area (Å²) in [5, 5.41) is 8.84. The van der Waals surface area contributed by atoms with Gasteiger partial charge in [-0.3, -0.25) is 0 Å². The zero-order chi connectivity index (χ0) is 13.1. The van der Waals surface area contributed by atoms with E-state index >= 15 is 0 Å². The molecule has 1 aromatic rings. The summed E-state index contributed by atoms with van der Waals surface area (Å²) < 4.78 is 26.3. The fraction of sp³-hybridized carbons (Fsp3) is 0.364. The molecule has 3 N–H and O–H groups in total. The normalized spacial score (nSPS) is 12.1. The highest BCUT2D eigenvalue weighted by Crippen LogP contribution is 2.14. The average molecular weight is 253 g/mol. The molecule has 0 spiro atoms. The molecule has 0 heterocycles. The highest BCUT2D eigenvalue weighted by Gasteiger charge is 2.21. The van der Waals surface area contributed by atoms with E-state index in [1.807, 2.05) is 6.07 Å². The van der Waals surface area contributed by atoms with Gasteiger partial charge in [0.2, 0.25) is 10.0 Å². The van der Waals surface area contributed by atoms with Crippen LogP contribution in [0.5, 0.6) is 0 Å². The van der Waals surface area contributed by atoms with Crippen molar-refractivity contribution < 1.29 is 8.42 Å². The maximum absolute atomic E-state index is 11.9. The van der Waals surface area contributed by atoms with Crippen molar-refractivity contribution in [2.24, 2.45) is 5.73 Å². The molecule has 6 heteroatoms. The van der Waals surface area contributed by atoms with E-state index in [2.05, 4.69) is 4.72 Å². The van der Waals surface area contributed by atoms with Gasteiger partial charge in [0, 0.05) is 12.1 Å². The molecule has 0 saturated heterocycles. The van der Waals surface area contributed by atoms with Crippen LogP contribution in [0.15, 0.2) is 29.2 Å². The summed E-state index contributed by atoms with van der Waals surface area (Å²) in [4.78, 5) is -0.0215. The van der Waals surface area contributed by atoms with Gasteiger partial charge in [-0.05, 0) is 26.0 Å². The second kappa shape index (κ2) is 4.84. The van der Waals surface area contributed by atoms with Crippen LogP contribution in [-0.2, 0) is 10.0 Å². The first-order chi connectivity index (χ1) is 7.76. The van der Waals surface area contributed by atoms with Gasteiger partial charge in [-0.15, -0.1) is 0 Å².